The molecule has 0 spiro atoms. The van der Waals surface area contributed by atoms with E-state index in [0.29, 0.717) is 25.3 Å². The van der Waals surface area contributed by atoms with Gasteiger partial charge in [0, 0.05) is 5.69 Å². The highest BCUT2D eigenvalue weighted by molar-refractivity contribution is 5.96. The summed E-state index contributed by atoms with van der Waals surface area (Å²) in [4.78, 5) is 27.4. The Morgan fingerprint density at radius 1 is 1.21 bits per heavy atom. The number of carbonyl (C=O) groups is 2. The zero-order valence-corrected chi connectivity index (χ0v) is 18.7. The summed E-state index contributed by atoms with van der Waals surface area (Å²) in [5.41, 5.74) is 2.23. The minimum absolute atomic E-state index is 0.103. The first-order valence-electron chi connectivity index (χ1n) is 10.0. The van der Waals surface area contributed by atoms with Crippen molar-refractivity contribution in [1.82, 2.24) is 10.2 Å². The van der Waals surface area contributed by atoms with Crippen molar-refractivity contribution in [2.45, 2.75) is 64.6 Å². The van der Waals surface area contributed by atoms with Gasteiger partial charge in [-0.15, -0.1) is 0 Å². The van der Waals surface area contributed by atoms with E-state index in [9.17, 15) is 9.59 Å². The summed E-state index contributed by atoms with van der Waals surface area (Å²) in [6, 6.07) is 5.06. The largest absolute Gasteiger partial charge is 0.444 e. The lowest BCUT2D eigenvalue weighted by molar-refractivity contribution is -0.132. The molecule has 0 bridgehead atoms. The van der Waals surface area contributed by atoms with Crippen LogP contribution in [0.5, 0.6) is 0 Å². The minimum Gasteiger partial charge on any atom is -0.444 e. The Bertz CT molecular complexity index is 736. The van der Waals surface area contributed by atoms with Crippen LogP contribution in [-0.4, -0.2) is 61.4 Å². The maximum Gasteiger partial charge on any atom is 0.408 e. The van der Waals surface area contributed by atoms with Crippen LogP contribution < -0.4 is 10.6 Å². The predicted octanol–water partition coefficient (Wildman–Crippen LogP) is 3.25. The number of aryl methyl sites for hydroxylation is 2. The summed E-state index contributed by atoms with van der Waals surface area (Å²) < 4.78 is 10.8. The van der Waals surface area contributed by atoms with Crippen LogP contribution in [0.3, 0.4) is 0 Å². The third-order valence-electron chi connectivity index (χ3n) is 5.37. The number of amides is 2. The van der Waals surface area contributed by atoms with Crippen molar-refractivity contribution in [3.05, 3.63) is 29.3 Å². The van der Waals surface area contributed by atoms with Crippen molar-refractivity contribution in [2.75, 3.05) is 32.6 Å². The molecule has 1 atom stereocenters. The Kier molecular flexibility index (Phi) is 7.30. The first-order valence-corrected chi connectivity index (χ1v) is 10.0. The third-order valence-corrected chi connectivity index (χ3v) is 5.37. The highest BCUT2D eigenvalue weighted by Gasteiger charge is 2.41. The fourth-order valence-electron chi connectivity index (χ4n) is 3.14. The number of hydrogen-bond donors (Lipinski definition) is 2. The molecule has 1 saturated heterocycles. The second-order valence-corrected chi connectivity index (χ2v) is 9.14. The van der Waals surface area contributed by atoms with Crippen molar-refractivity contribution < 1.29 is 19.1 Å². The molecular formula is C22H35N3O4. The maximum absolute atomic E-state index is 13.0. The molecule has 162 valence electrons. The molecule has 1 unspecified atom stereocenters. The van der Waals surface area contributed by atoms with Gasteiger partial charge >= 0.3 is 6.09 Å². The molecule has 2 rings (SSSR count). The van der Waals surface area contributed by atoms with Crippen LogP contribution in [0, 0.1) is 13.8 Å². The minimum atomic E-state index is -0.705. The first-order chi connectivity index (χ1) is 13.4. The molecule has 2 amide bonds. The highest BCUT2D eigenvalue weighted by Crippen LogP contribution is 2.29. The van der Waals surface area contributed by atoms with E-state index in [-0.39, 0.29) is 11.4 Å². The number of alkyl carbamates (subject to hydrolysis) is 1. The van der Waals surface area contributed by atoms with Crippen molar-refractivity contribution in [3.8, 4) is 0 Å². The van der Waals surface area contributed by atoms with E-state index in [0.717, 1.165) is 17.5 Å². The van der Waals surface area contributed by atoms with E-state index in [1.54, 1.807) is 20.8 Å². The Hall–Kier alpha value is -2.12. The Morgan fingerprint density at radius 3 is 2.34 bits per heavy atom. The molecule has 0 saturated carbocycles. The summed E-state index contributed by atoms with van der Waals surface area (Å²) in [6.07, 6.45) is 0.611. The van der Waals surface area contributed by atoms with Crippen LogP contribution >= 0.6 is 0 Å². The number of rotatable bonds is 7. The zero-order chi connectivity index (χ0) is 21.8. The molecule has 1 aromatic rings. The van der Waals surface area contributed by atoms with E-state index >= 15 is 0 Å². The summed E-state index contributed by atoms with van der Waals surface area (Å²) in [5.74, 6) is -0.256. The molecule has 1 aliphatic heterocycles. The van der Waals surface area contributed by atoms with Gasteiger partial charge in [-0.1, -0.05) is 6.07 Å². The molecule has 7 nitrogen and oxygen atoms in total. The zero-order valence-electron chi connectivity index (χ0n) is 18.7. The van der Waals surface area contributed by atoms with Crippen LogP contribution in [0.25, 0.3) is 0 Å². The first kappa shape index (κ1) is 23.2. The summed E-state index contributed by atoms with van der Waals surface area (Å²) in [7, 11) is 4.02. The van der Waals surface area contributed by atoms with Gasteiger partial charge in [0.05, 0.1) is 18.8 Å². The van der Waals surface area contributed by atoms with E-state index in [1.165, 1.54) is 0 Å². The van der Waals surface area contributed by atoms with E-state index in [1.807, 2.05) is 46.1 Å². The van der Waals surface area contributed by atoms with Crippen molar-refractivity contribution in [1.29, 1.82) is 0 Å². The van der Waals surface area contributed by atoms with Crippen molar-refractivity contribution in [2.24, 2.45) is 0 Å². The van der Waals surface area contributed by atoms with Gasteiger partial charge in [0.1, 0.15) is 11.6 Å². The Labute approximate surface area is 174 Å². The number of hydrogen-bond acceptors (Lipinski definition) is 5. The van der Waals surface area contributed by atoms with Gasteiger partial charge in [0.25, 0.3) is 0 Å². The molecule has 29 heavy (non-hydrogen) atoms. The summed E-state index contributed by atoms with van der Waals surface area (Å²) in [6.45, 7) is 10.7. The van der Waals surface area contributed by atoms with Gasteiger partial charge in [-0.25, -0.2) is 4.79 Å². The Morgan fingerprint density at radius 2 is 1.86 bits per heavy atom. The SMILES string of the molecule is Cc1ccc(NC(=O)C(CCC2(N(C)C)COC2)NC(=O)OC(C)(C)C)cc1C. The molecule has 2 N–H and O–H groups in total. The van der Waals surface area contributed by atoms with Gasteiger partial charge in [-0.05, 0) is 84.8 Å². The number of benzene rings is 1. The third kappa shape index (κ3) is 6.44. The monoisotopic (exact) mass is 405 g/mol. The van der Waals surface area contributed by atoms with Crippen LogP contribution in [-0.2, 0) is 14.3 Å². The van der Waals surface area contributed by atoms with Gasteiger partial charge in [0.2, 0.25) is 5.91 Å². The lowest BCUT2D eigenvalue weighted by atomic mass is 9.88. The molecule has 7 heteroatoms. The highest BCUT2D eigenvalue weighted by atomic mass is 16.6. The van der Waals surface area contributed by atoms with Gasteiger partial charge in [0.15, 0.2) is 0 Å². The number of nitrogens with one attached hydrogen (secondary N) is 2. The van der Waals surface area contributed by atoms with Crippen molar-refractivity contribution >= 4 is 17.7 Å². The topological polar surface area (TPSA) is 79.9 Å². The van der Waals surface area contributed by atoms with Gasteiger partial charge in [-0.3, -0.25) is 9.69 Å². The second-order valence-electron chi connectivity index (χ2n) is 9.14. The normalized spacial score (nSPS) is 16.7. The molecule has 1 fully saturated rings. The lowest BCUT2D eigenvalue weighted by Gasteiger charge is -2.47. The fraction of sp³-hybridized carbons (Fsp3) is 0.636. The summed E-state index contributed by atoms with van der Waals surface area (Å²) in [5, 5.41) is 5.67. The van der Waals surface area contributed by atoms with Crippen LogP contribution in [0.4, 0.5) is 10.5 Å². The second kappa shape index (κ2) is 9.13. The number of likely N-dealkylation sites (N-methyl/N-ethyl adjacent to an activating group) is 1. The number of anilines is 1. The van der Waals surface area contributed by atoms with E-state index < -0.39 is 17.7 Å². The lowest BCUT2D eigenvalue weighted by Crippen LogP contribution is -2.60. The van der Waals surface area contributed by atoms with Crippen LogP contribution in [0.1, 0.15) is 44.7 Å². The number of carbonyl (C=O) groups excluding carboxylic acids is 2. The quantitative estimate of drug-likeness (QED) is 0.728. The fourth-order valence-corrected chi connectivity index (χ4v) is 3.14. The number of ether oxygens (including phenoxy) is 2. The van der Waals surface area contributed by atoms with E-state index in [2.05, 4.69) is 15.5 Å². The molecule has 1 heterocycles. The standard InChI is InChI=1S/C22H35N3O4/c1-15-8-9-17(12-16(15)2)23-19(26)18(24-20(27)29-21(3,4)5)10-11-22(25(6)7)13-28-14-22/h8-9,12,18H,10-11,13-14H2,1-7H3,(H,23,26)(H,24,27). The molecule has 0 aromatic heterocycles. The predicted molar refractivity (Wildman–Crippen MR) is 114 cm³/mol. The van der Waals surface area contributed by atoms with Crippen LogP contribution in [0.2, 0.25) is 0 Å². The average molecular weight is 406 g/mol. The van der Waals surface area contributed by atoms with Gasteiger partial charge < -0.3 is 20.1 Å². The molecular weight excluding hydrogens is 370 g/mol. The van der Waals surface area contributed by atoms with Crippen LogP contribution in [0.15, 0.2) is 18.2 Å². The Balaban J connectivity index is 2.10. The molecule has 0 aliphatic carbocycles. The molecule has 1 aliphatic rings. The van der Waals surface area contributed by atoms with E-state index in [4.69, 9.17) is 9.47 Å². The molecule has 1 aromatic carbocycles. The number of nitrogens with zero attached hydrogens (tertiary/aromatic N) is 1. The smallest absolute Gasteiger partial charge is 0.408 e. The van der Waals surface area contributed by atoms with Crippen molar-refractivity contribution in [3.63, 3.8) is 0 Å². The average Bonchev–Trinajstić information content (AvgIpc) is 2.54. The van der Waals surface area contributed by atoms with Gasteiger partial charge in [-0.2, -0.15) is 0 Å². The molecule has 0 radical (unpaired) electrons. The maximum atomic E-state index is 13.0. The summed E-state index contributed by atoms with van der Waals surface area (Å²) >= 11 is 0.